The van der Waals surface area contributed by atoms with Gasteiger partial charge in [-0.3, -0.25) is 28.8 Å². The summed E-state index contributed by atoms with van der Waals surface area (Å²) in [6.45, 7) is 1.44. The van der Waals surface area contributed by atoms with Crippen LogP contribution in [0.1, 0.15) is 67.1 Å². The Bertz CT molecular complexity index is 2400. The van der Waals surface area contributed by atoms with Crippen molar-refractivity contribution in [3.05, 3.63) is 129 Å². The number of nitrogens with one attached hydrogen (secondary N) is 2. The van der Waals surface area contributed by atoms with Gasteiger partial charge in [-0.15, -0.1) is 0 Å². The molecule has 0 aliphatic carbocycles. The molecule has 0 unspecified atom stereocenters. The number of nitrogens with zero attached hydrogens (tertiary/aromatic N) is 3. The van der Waals surface area contributed by atoms with Gasteiger partial charge in [0, 0.05) is 65.7 Å². The summed E-state index contributed by atoms with van der Waals surface area (Å²) in [6, 6.07) is 21.7. The van der Waals surface area contributed by atoms with Crippen molar-refractivity contribution in [2.75, 3.05) is 72.3 Å². The SMILES string of the molecule is N#CCNC(=O)c1cc(Cl)ccc1OCC(=O)N1CCC(C(=O)c2ccc(F)cc2)CC1.O=C(NCCOCCO)c1cc(Cl)ccc1OCC(=O)N1CCC(C(=O)c2ccc(F)cc2)CC1. The van der Waals surface area contributed by atoms with Gasteiger partial charge in [-0.2, -0.15) is 5.26 Å². The molecule has 0 radical (unpaired) electrons. The summed E-state index contributed by atoms with van der Waals surface area (Å²) in [5.41, 5.74) is 1.25. The fourth-order valence-electron chi connectivity index (χ4n) is 7.27. The highest BCUT2D eigenvalue weighted by Gasteiger charge is 2.30. The van der Waals surface area contributed by atoms with Gasteiger partial charge in [-0.05, 0) is 111 Å². The molecule has 0 spiro atoms. The lowest BCUT2D eigenvalue weighted by Crippen LogP contribution is -2.42. The van der Waals surface area contributed by atoms with Crippen LogP contribution in [0.25, 0.3) is 0 Å². The molecule has 67 heavy (non-hydrogen) atoms. The van der Waals surface area contributed by atoms with E-state index in [0.29, 0.717) is 73.0 Å². The Kier molecular flexibility index (Phi) is 20.0. The molecule has 4 aromatic carbocycles. The number of carbonyl (C=O) groups excluding carboxylic acids is 6. The molecule has 2 aliphatic heterocycles. The molecule has 2 heterocycles. The molecule has 0 aromatic heterocycles. The number of amides is 4. The molecule has 15 nitrogen and oxygen atoms in total. The number of hydrogen-bond donors (Lipinski definition) is 3. The van der Waals surface area contributed by atoms with Crippen LogP contribution in [0.3, 0.4) is 0 Å². The van der Waals surface area contributed by atoms with E-state index < -0.39 is 23.4 Å². The van der Waals surface area contributed by atoms with Crippen molar-refractivity contribution < 1.29 is 56.9 Å². The monoisotopic (exact) mass is 963 g/mol. The van der Waals surface area contributed by atoms with Crippen LogP contribution in [0.2, 0.25) is 10.0 Å². The van der Waals surface area contributed by atoms with Crippen LogP contribution in [0, 0.1) is 34.8 Å². The Morgan fingerprint density at radius 3 is 1.46 bits per heavy atom. The lowest BCUT2D eigenvalue weighted by atomic mass is 9.89. The number of hydrogen-bond acceptors (Lipinski definition) is 11. The maximum atomic E-state index is 13.1. The van der Waals surface area contributed by atoms with Crippen LogP contribution in [0.15, 0.2) is 84.9 Å². The Morgan fingerprint density at radius 2 is 1.06 bits per heavy atom. The summed E-state index contributed by atoms with van der Waals surface area (Å²) in [6.07, 6.45) is 2.03. The Hall–Kier alpha value is -6.45. The molecule has 6 rings (SSSR count). The molecule has 2 aliphatic rings. The maximum absolute atomic E-state index is 13.1. The number of piperidine rings is 2. The number of aliphatic hydroxyl groups is 1. The van der Waals surface area contributed by atoms with E-state index in [9.17, 15) is 37.5 Å². The van der Waals surface area contributed by atoms with Crippen molar-refractivity contribution in [2.24, 2.45) is 11.8 Å². The fraction of sp³-hybridized carbons (Fsp3) is 0.354. The molecule has 3 N–H and O–H groups in total. The number of aliphatic hydroxyl groups excluding tert-OH is 1. The van der Waals surface area contributed by atoms with Crippen LogP contribution in [-0.2, 0) is 14.3 Å². The summed E-state index contributed by atoms with van der Waals surface area (Å²) < 4.78 is 42.5. The van der Waals surface area contributed by atoms with Crippen LogP contribution >= 0.6 is 23.2 Å². The van der Waals surface area contributed by atoms with Gasteiger partial charge in [0.1, 0.15) is 29.7 Å². The molecule has 2 saturated heterocycles. The first kappa shape index (κ1) is 51.5. The van der Waals surface area contributed by atoms with Gasteiger partial charge in [0.25, 0.3) is 23.6 Å². The second-order valence-corrected chi connectivity index (χ2v) is 16.2. The normalized spacial score (nSPS) is 13.9. The van der Waals surface area contributed by atoms with Crippen molar-refractivity contribution in [3.8, 4) is 17.6 Å². The summed E-state index contributed by atoms with van der Waals surface area (Å²) >= 11 is 12.0. The third-order valence-corrected chi connectivity index (χ3v) is 11.3. The zero-order chi connectivity index (χ0) is 48.3. The van der Waals surface area contributed by atoms with Crippen LogP contribution in [0.4, 0.5) is 8.78 Å². The number of nitriles is 1. The van der Waals surface area contributed by atoms with Gasteiger partial charge in [0.05, 0.1) is 37.0 Å². The lowest BCUT2D eigenvalue weighted by Gasteiger charge is -2.31. The average Bonchev–Trinajstić information content (AvgIpc) is 3.34. The highest BCUT2D eigenvalue weighted by molar-refractivity contribution is 6.31. The van der Waals surface area contributed by atoms with E-state index in [2.05, 4.69) is 10.6 Å². The summed E-state index contributed by atoms with van der Waals surface area (Å²) in [7, 11) is 0. The molecule has 4 aromatic rings. The number of ether oxygens (including phenoxy) is 3. The Morgan fingerprint density at radius 1 is 0.642 bits per heavy atom. The van der Waals surface area contributed by atoms with Gasteiger partial charge in [0.2, 0.25) is 0 Å². The molecule has 19 heteroatoms. The van der Waals surface area contributed by atoms with Crippen molar-refractivity contribution in [3.63, 3.8) is 0 Å². The third kappa shape index (κ3) is 15.6. The maximum Gasteiger partial charge on any atom is 0.260 e. The van der Waals surface area contributed by atoms with Crippen molar-refractivity contribution in [1.29, 1.82) is 5.26 Å². The first-order valence-corrected chi connectivity index (χ1v) is 22.1. The van der Waals surface area contributed by atoms with Crippen LogP contribution in [-0.4, -0.2) is 122 Å². The fourth-order valence-corrected chi connectivity index (χ4v) is 7.61. The van der Waals surface area contributed by atoms with E-state index in [1.54, 1.807) is 15.9 Å². The van der Waals surface area contributed by atoms with E-state index in [4.69, 9.17) is 47.8 Å². The standard InChI is InChI=1S/C25H28ClFN2O6.C23H21ClFN3O4/c26-19-3-6-22(21(15-19)25(33)28-9-13-34-14-12-30)35-16-23(31)29-10-7-18(8-11-29)24(32)17-1-4-20(27)5-2-17;24-17-3-6-20(19(13-17)23(31)27-10-9-26)32-14-21(29)28-11-7-16(8-12-28)22(30)15-1-4-18(25)5-2-15/h1-6,15,18,30H,7-14,16H2,(H,28,33);1-6,13,16H,7-8,10-12,14H2,(H,27,31). The zero-order valence-electron chi connectivity index (χ0n) is 36.3. The number of Topliss-reactive ketones (excluding diaryl/α,β-unsaturated/α-hetero) is 2. The van der Waals surface area contributed by atoms with Crippen molar-refractivity contribution >= 4 is 58.4 Å². The molecular weight excluding hydrogens is 915 g/mol. The molecule has 0 atom stereocenters. The number of halogens is 4. The quantitative estimate of drug-likeness (QED) is 0.0604. The van der Waals surface area contributed by atoms with Crippen molar-refractivity contribution in [2.45, 2.75) is 25.7 Å². The van der Waals surface area contributed by atoms with Gasteiger partial charge in [-0.25, -0.2) is 8.78 Å². The minimum absolute atomic E-state index is 0.0491. The molecule has 0 saturated carbocycles. The molecule has 4 amide bonds. The first-order chi connectivity index (χ1) is 32.3. The first-order valence-electron chi connectivity index (χ1n) is 21.4. The summed E-state index contributed by atoms with van der Waals surface area (Å²) in [4.78, 5) is 78.5. The van der Waals surface area contributed by atoms with E-state index >= 15 is 0 Å². The summed E-state index contributed by atoms with van der Waals surface area (Å²) in [5, 5.41) is 23.1. The largest absolute Gasteiger partial charge is 0.483 e. The minimum Gasteiger partial charge on any atom is -0.483 e. The topological polar surface area (TPSA) is 205 Å². The predicted octanol–water partition coefficient (Wildman–Crippen LogP) is 5.95. The van der Waals surface area contributed by atoms with Gasteiger partial charge in [-0.1, -0.05) is 23.2 Å². The van der Waals surface area contributed by atoms with E-state index in [-0.39, 0.29) is 104 Å². The number of benzene rings is 4. The van der Waals surface area contributed by atoms with Gasteiger partial charge >= 0.3 is 0 Å². The molecule has 0 bridgehead atoms. The van der Waals surface area contributed by atoms with Crippen molar-refractivity contribution in [1.82, 2.24) is 20.4 Å². The number of carbonyl (C=O) groups is 6. The Labute approximate surface area is 395 Å². The van der Waals surface area contributed by atoms with Crippen LogP contribution in [0.5, 0.6) is 11.5 Å². The van der Waals surface area contributed by atoms with Gasteiger partial charge in [0.15, 0.2) is 24.8 Å². The lowest BCUT2D eigenvalue weighted by molar-refractivity contribution is -0.135. The molecular formula is C48H49Cl2F2N5O10. The number of ketones is 2. The number of rotatable bonds is 18. The molecule has 2 fully saturated rings. The van der Waals surface area contributed by atoms with E-state index in [0.717, 1.165) is 0 Å². The minimum atomic E-state index is -0.531. The second-order valence-electron chi connectivity index (χ2n) is 15.3. The van der Waals surface area contributed by atoms with E-state index in [1.807, 2.05) is 6.07 Å². The second kappa shape index (κ2) is 26.0. The van der Waals surface area contributed by atoms with Gasteiger partial charge < -0.3 is 39.8 Å². The Balaban J connectivity index is 0.000000252. The number of likely N-dealkylation sites (tertiary alicyclic amines) is 2. The zero-order valence-corrected chi connectivity index (χ0v) is 37.8. The highest BCUT2D eigenvalue weighted by atomic mass is 35.5. The van der Waals surface area contributed by atoms with E-state index in [1.165, 1.54) is 78.9 Å². The predicted molar refractivity (Wildman–Crippen MR) is 242 cm³/mol. The molecule has 354 valence electrons. The highest BCUT2D eigenvalue weighted by Crippen LogP contribution is 2.27. The smallest absolute Gasteiger partial charge is 0.260 e. The van der Waals surface area contributed by atoms with Crippen LogP contribution < -0.4 is 20.1 Å². The summed E-state index contributed by atoms with van der Waals surface area (Å²) in [5.74, 6) is -2.42. The third-order valence-electron chi connectivity index (χ3n) is 10.9. The average molecular weight is 965 g/mol.